The third-order valence-corrected chi connectivity index (χ3v) is 3.57. The summed E-state index contributed by atoms with van der Waals surface area (Å²) < 4.78 is 0. The number of nitrogens with zero attached hydrogens (tertiary/aromatic N) is 3. The summed E-state index contributed by atoms with van der Waals surface area (Å²) in [7, 11) is 0. The lowest BCUT2D eigenvalue weighted by Gasteiger charge is -2.29. The van der Waals surface area contributed by atoms with Crippen molar-refractivity contribution in [3.8, 4) is 0 Å². The molecule has 0 aliphatic rings. The lowest BCUT2D eigenvalue weighted by molar-refractivity contribution is -0.124. The van der Waals surface area contributed by atoms with E-state index in [4.69, 9.17) is 11.3 Å². The zero-order chi connectivity index (χ0) is 16.1. The van der Waals surface area contributed by atoms with Crippen molar-refractivity contribution in [3.63, 3.8) is 0 Å². The van der Waals surface area contributed by atoms with Gasteiger partial charge in [0.15, 0.2) is 0 Å². The first-order valence-electron chi connectivity index (χ1n) is 6.88. The van der Waals surface area contributed by atoms with E-state index in [1.807, 2.05) is 24.3 Å². The number of rotatable bonds is 6. The zero-order valence-corrected chi connectivity index (χ0v) is 13.1. The molecular formula is C15H23N5O. The van der Waals surface area contributed by atoms with E-state index in [9.17, 15) is 4.79 Å². The molecule has 1 rings (SSSR count). The Morgan fingerprint density at radius 1 is 1.24 bits per heavy atom. The van der Waals surface area contributed by atoms with Crippen LogP contribution in [-0.4, -0.2) is 19.0 Å². The molecule has 0 aliphatic heterocycles. The molecule has 1 unspecified atom stereocenters. The standard InChI is InChI=1S/C15H23N5O/c1-14(2,3)11-5-7-12(8-6-11)15(4,13(16)21)18-9-10-19-20-17/h5-8,18H,9-10H2,1-4H3,(H2,16,21). The van der Waals surface area contributed by atoms with Crippen LogP contribution in [-0.2, 0) is 15.7 Å². The van der Waals surface area contributed by atoms with Gasteiger partial charge in [-0.15, -0.1) is 0 Å². The van der Waals surface area contributed by atoms with Gasteiger partial charge in [-0.25, -0.2) is 0 Å². The molecule has 0 aliphatic carbocycles. The maximum Gasteiger partial charge on any atom is 0.242 e. The summed E-state index contributed by atoms with van der Waals surface area (Å²) in [4.78, 5) is 14.5. The molecule has 21 heavy (non-hydrogen) atoms. The number of carbonyl (C=O) groups is 1. The molecule has 6 heteroatoms. The Kier molecular flexibility index (Phi) is 5.35. The predicted molar refractivity (Wildman–Crippen MR) is 83.7 cm³/mol. The molecule has 0 fully saturated rings. The van der Waals surface area contributed by atoms with Gasteiger partial charge >= 0.3 is 0 Å². The molecule has 1 amide bonds. The van der Waals surface area contributed by atoms with Crippen LogP contribution in [0, 0.1) is 0 Å². The van der Waals surface area contributed by atoms with Gasteiger partial charge in [0.25, 0.3) is 0 Å². The smallest absolute Gasteiger partial charge is 0.242 e. The third-order valence-electron chi connectivity index (χ3n) is 3.57. The number of nitrogens with one attached hydrogen (secondary N) is 1. The van der Waals surface area contributed by atoms with Crippen LogP contribution in [0.4, 0.5) is 0 Å². The summed E-state index contributed by atoms with van der Waals surface area (Å²) in [6, 6.07) is 7.83. The van der Waals surface area contributed by atoms with Gasteiger partial charge in [0, 0.05) is 18.0 Å². The summed E-state index contributed by atoms with van der Waals surface area (Å²) in [5.74, 6) is -0.466. The fourth-order valence-electron chi connectivity index (χ4n) is 2.04. The number of nitrogens with two attached hydrogens (primary N) is 1. The predicted octanol–water partition coefficient (Wildman–Crippen LogP) is 2.58. The number of amides is 1. The Balaban J connectivity index is 2.99. The summed E-state index contributed by atoms with van der Waals surface area (Å²) >= 11 is 0. The molecule has 6 nitrogen and oxygen atoms in total. The normalized spacial score (nSPS) is 14.1. The zero-order valence-electron chi connectivity index (χ0n) is 13.1. The van der Waals surface area contributed by atoms with Crippen molar-refractivity contribution in [3.05, 3.63) is 45.8 Å². The maximum absolute atomic E-state index is 11.8. The van der Waals surface area contributed by atoms with E-state index < -0.39 is 11.4 Å². The second kappa shape index (κ2) is 6.61. The minimum Gasteiger partial charge on any atom is -0.368 e. The molecule has 0 saturated heterocycles. The van der Waals surface area contributed by atoms with Gasteiger partial charge in [-0.05, 0) is 29.0 Å². The summed E-state index contributed by atoms with van der Waals surface area (Å²) in [6.45, 7) is 8.77. The van der Waals surface area contributed by atoms with Crippen molar-refractivity contribution in [1.29, 1.82) is 0 Å². The van der Waals surface area contributed by atoms with Gasteiger partial charge in [-0.1, -0.05) is 50.2 Å². The largest absolute Gasteiger partial charge is 0.368 e. The van der Waals surface area contributed by atoms with E-state index in [0.717, 1.165) is 5.56 Å². The molecule has 0 heterocycles. The van der Waals surface area contributed by atoms with Crippen molar-refractivity contribution in [2.75, 3.05) is 13.1 Å². The van der Waals surface area contributed by atoms with Crippen LogP contribution >= 0.6 is 0 Å². The number of hydrogen-bond acceptors (Lipinski definition) is 3. The number of hydrogen-bond donors (Lipinski definition) is 2. The molecule has 0 saturated carbocycles. The number of azide groups is 1. The number of carbonyl (C=O) groups excluding carboxylic acids is 1. The topological polar surface area (TPSA) is 104 Å². The minimum atomic E-state index is -0.985. The van der Waals surface area contributed by atoms with E-state index in [1.165, 1.54) is 5.56 Å². The molecule has 0 spiro atoms. The molecule has 114 valence electrons. The van der Waals surface area contributed by atoms with E-state index in [0.29, 0.717) is 6.54 Å². The Labute approximate surface area is 125 Å². The van der Waals surface area contributed by atoms with E-state index in [1.54, 1.807) is 6.92 Å². The second-order valence-electron chi connectivity index (χ2n) is 6.20. The van der Waals surface area contributed by atoms with Gasteiger partial charge in [-0.2, -0.15) is 0 Å². The first kappa shape index (κ1) is 17.0. The van der Waals surface area contributed by atoms with Crippen molar-refractivity contribution >= 4 is 5.91 Å². The van der Waals surface area contributed by atoms with Crippen molar-refractivity contribution in [1.82, 2.24) is 5.32 Å². The molecule has 0 bridgehead atoms. The van der Waals surface area contributed by atoms with Crippen LogP contribution in [0.2, 0.25) is 0 Å². The maximum atomic E-state index is 11.8. The summed E-state index contributed by atoms with van der Waals surface area (Å²) in [6.07, 6.45) is 0. The summed E-state index contributed by atoms with van der Waals surface area (Å²) in [5.41, 5.74) is 14.9. The third kappa shape index (κ3) is 4.21. The Morgan fingerprint density at radius 3 is 2.19 bits per heavy atom. The monoisotopic (exact) mass is 289 g/mol. The summed E-state index contributed by atoms with van der Waals surface area (Å²) in [5, 5.41) is 6.51. The fourth-order valence-corrected chi connectivity index (χ4v) is 2.04. The van der Waals surface area contributed by atoms with Gasteiger partial charge in [0.1, 0.15) is 5.54 Å². The molecule has 1 aromatic rings. The molecular weight excluding hydrogens is 266 g/mol. The van der Waals surface area contributed by atoms with Gasteiger partial charge in [-0.3, -0.25) is 10.1 Å². The van der Waals surface area contributed by atoms with Crippen LogP contribution in [0.25, 0.3) is 10.4 Å². The van der Waals surface area contributed by atoms with E-state index in [-0.39, 0.29) is 12.0 Å². The Bertz CT molecular complexity index is 540. The van der Waals surface area contributed by atoms with Crippen molar-refractivity contribution in [2.45, 2.75) is 38.6 Å². The minimum absolute atomic E-state index is 0.0522. The highest BCUT2D eigenvalue weighted by atomic mass is 16.1. The van der Waals surface area contributed by atoms with Gasteiger partial charge in [0.2, 0.25) is 5.91 Å². The molecule has 1 aromatic carbocycles. The lowest BCUT2D eigenvalue weighted by atomic mass is 9.84. The fraction of sp³-hybridized carbons (Fsp3) is 0.533. The Hall–Kier alpha value is -2.04. The highest BCUT2D eigenvalue weighted by Crippen LogP contribution is 2.26. The Morgan fingerprint density at radius 2 is 1.76 bits per heavy atom. The van der Waals surface area contributed by atoms with Crippen molar-refractivity contribution in [2.24, 2.45) is 10.8 Å². The first-order valence-corrected chi connectivity index (χ1v) is 6.88. The lowest BCUT2D eigenvalue weighted by Crippen LogP contribution is -2.51. The van der Waals surface area contributed by atoms with Crippen LogP contribution < -0.4 is 11.1 Å². The quantitative estimate of drug-likeness (QED) is 0.363. The highest BCUT2D eigenvalue weighted by Gasteiger charge is 2.32. The molecule has 1 atom stereocenters. The van der Waals surface area contributed by atoms with E-state index in [2.05, 4.69) is 36.1 Å². The van der Waals surface area contributed by atoms with Crippen LogP contribution in [0.1, 0.15) is 38.8 Å². The number of benzene rings is 1. The van der Waals surface area contributed by atoms with Gasteiger partial charge in [0.05, 0.1) is 0 Å². The second-order valence-corrected chi connectivity index (χ2v) is 6.20. The average Bonchev–Trinajstić information content (AvgIpc) is 2.42. The van der Waals surface area contributed by atoms with E-state index >= 15 is 0 Å². The first-order chi connectivity index (χ1) is 9.71. The highest BCUT2D eigenvalue weighted by molar-refractivity contribution is 5.85. The van der Waals surface area contributed by atoms with Gasteiger partial charge < -0.3 is 5.73 Å². The molecule has 0 aromatic heterocycles. The van der Waals surface area contributed by atoms with Crippen LogP contribution in [0.5, 0.6) is 0 Å². The number of primary amides is 1. The average molecular weight is 289 g/mol. The van der Waals surface area contributed by atoms with Crippen molar-refractivity contribution < 1.29 is 4.79 Å². The molecule has 3 N–H and O–H groups in total. The SMILES string of the molecule is CC(C)(C)c1ccc(C(C)(NCCN=[N+]=[N-])C(N)=O)cc1. The van der Waals surface area contributed by atoms with Crippen LogP contribution in [0.15, 0.2) is 29.4 Å². The van der Waals surface area contributed by atoms with Crippen LogP contribution in [0.3, 0.4) is 0 Å². The molecule has 0 radical (unpaired) electrons.